The number of guanidine groups is 1. The third-order valence-corrected chi connectivity index (χ3v) is 10.7. The van der Waals surface area contributed by atoms with Crippen molar-refractivity contribution < 1.29 is 87.5 Å². The van der Waals surface area contributed by atoms with Crippen LogP contribution in [0, 0.1) is 0 Å². The van der Waals surface area contributed by atoms with Crippen LogP contribution in [-0.2, 0) is 73.5 Å². The van der Waals surface area contributed by atoms with Gasteiger partial charge in [0, 0.05) is 39.1 Å². The number of aromatic hydroxyl groups is 1. The molecule has 1 aliphatic heterocycles. The van der Waals surface area contributed by atoms with Gasteiger partial charge in [0.05, 0.1) is 45.8 Å². The molecular formula is C44H67N15O18S. The third-order valence-electron chi connectivity index (χ3n) is 10.3. The average molecular weight is 1130 g/mol. The summed E-state index contributed by atoms with van der Waals surface area (Å²) in [5, 5.41) is 59.5. The highest BCUT2D eigenvalue weighted by molar-refractivity contribution is 7.80. The summed E-state index contributed by atoms with van der Waals surface area (Å²) in [5.74, 6) is -13.6. The zero-order valence-electron chi connectivity index (χ0n) is 42.5. The highest BCUT2D eigenvalue weighted by Crippen LogP contribution is 2.19. The molecule has 1 aliphatic rings. The summed E-state index contributed by atoms with van der Waals surface area (Å²) in [7, 11) is 0. The maximum atomic E-state index is 13.5. The summed E-state index contributed by atoms with van der Waals surface area (Å²) in [5.41, 5.74) is 16.3. The second-order valence-corrected chi connectivity index (χ2v) is 17.1. The van der Waals surface area contributed by atoms with Crippen LogP contribution in [0.25, 0.3) is 0 Å². The third kappa shape index (κ3) is 27.6. The molecule has 0 saturated carbocycles. The number of hydrogen-bond donors (Lipinski definition) is 18. The van der Waals surface area contributed by atoms with Crippen molar-refractivity contribution in [3.63, 3.8) is 0 Å². The van der Waals surface area contributed by atoms with Crippen LogP contribution in [0.2, 0.25) is 0 Å². The lowest BCUT2D eigenvalue weighted by atomic mass is 10.0. The van der Waals surface area contributed by atoms with Gasteiger partial charge in [0.2, 0.25) is 70.9 Å². The van der Waals surface area contributed by atoms with Gasteiger partial charge in [-0.2, -0.15) is 12.6 Å². The molecule has 0 unspecified atom stereocenters. The number of benzene rings is 1. The number of carbonyl (C=O) groups is 14. The fourth-order valence-corrected chi connectivity index (χ4v) is 7.00. The van der Waals surface area contributed by atoms with Gasteiger partial charge in [-0.3, -0.25) is 72.1 Å². The van der Waals surface area contributed by atoms with Gasteiger partial charge < -0.3 is 95.7 Å². The number of hydrogen-bond acceptors (Lipinski definition) is 18. The first-order valence-electron chi connectivity index (χ1n) is 23.6. The van der Waals surface area contributed by atoms with Gasteiger partial charge in [0.15, 0.2) is 5.96 Å². The quantitative estimate of drug-likeness (QED) is 0.0142. The number of aliphatic hydroxyl groups excluding tert-OH is 1. The molecule has 33 nitrogen and oxygen atoms in total. The Morgan fingerprint density at radius 3 is 1.63 bits per heavy atom. The van der Waals surface area contributed by atoms with Gasteiger partial charge in [-0.05, 0) is 43.4 Å². The number of amides is 12. The van der Waals surface area contributed by atoms with Crippen molar-refractivity contribution in [3.05, 3.63) is 29.8 Å². The van der Waals surface area contributed by atoms with E-state index in [2.05, 4.69) is 70.8 Å². The lowest BCUT2D eigenvalue weighted by Crippen LogP contribution is -2.58. The van der Waals surface area contributed by atoms with E-state index in [0.717, 1.165) is 11.8 Å². The van der Waals surface area contributed by atoms with E-state index in [-0.39, 0.29) is 56.2 Å². The highest BCUT2D eigenvalue weighted by Gasteiger charge is 2.39. The van der Waals surface area contributed by atoms with Gasteiger partial charge in [0.25, 0.3) is 5.97 Å². The molecule has 0 bridgehead atoms. The number of carboxylic acids is 2. The zero-order valence-corrected chi connectivity index (χ0v) is 43.4. The van der Waals surface area contributed by atoms with Gasteiger partial charge >= 0.3 is 5.97 Å². The van der Waals surface area contributed by atoms with Crippen molar-refractivity contribution >= 4 is 101 Å². The predicted octanol–water partition coefficient (Wildman–Crippen LogP) is -9.02. The number of carboxylic acid groups (broad SMARTS) is 2. The summed E-state index contributed by atoms with van der Waals surface area (Å²) < 4.78 is 0. The molecular weight excluding hydrogens is 1060 g/mol. The minimum atomic E-state index is -1.88. The van der Waals surface area contributed by atoms with Crippen LogP contribution in [0.4, 0.5) is 0 Å². The highest BCUT2D eigenvalue weighted by atomic mass is 32.1. The van der Waals surface area contributed by atoms with Crippen molar-refractivity contribution in [2.24, 2.45) is 22.2 Å². The van der Waals surface area contributed by atoms with Gasteiger partial charge in [-0.25, -0.2) is 0 Å². The first kappa shape index (κ1) is 67.2. The Hall–Kier alpha value is -8.82. The number of nitrogens with zero attached hydrogens (tertiary/aromatic N) is 2. The molecule has 6 atom stereocenters. The number of phenolic OH excluding ortho intramolecular Hbond substituents is 1. The number of nitrogens with one attached hydrogen (secondary N) is 10. The van der Waals surface area contributed by atoms with Gasteiger partial charge in [0.1, 0.15) is 42.0 Å². The zero-order chi connectivity index (χ0) is 59.1. The number of carbonyl (C=O) groups excluding carboxylic acids is 12. The molecule has 0 radical (unpaired) electrons. The van der Waals surface area contributed by atoms with E-state index in [4.69, 9.17) is 27.1 Å². The smallest absolute Gasteiger partial charge is 0.305 e. The number of thiol groups is 1. The monoisotopic (exact) mass is 1130 g/mol. The fourth-order valence-electron chi connectivity index (χ4n) is 6.74. The average Bonchev–Trinajstić information content (AvgIpc) is 3.87. The number of nitrogens with two attached hydrogens (primary N) is 3. The lowest BCUT2D eigenvalue weighted by molar-refractivity contribution is -0.144. The number of likely N-dealkylation sites (tertiary alicyclic amines) is 1. The molecule has 0 spiro atoms. The van der Waals surface area contributed by atoms with Crippen molar-refractivity contribution in [2.75, 3.05) is 58.2 Å². The van der Waals surface area contributed by atoms with Crippen molar-refractivity contribution in [2.45, 2.75) is 88.6 Å². The van der Waals surface area contributed by atoms with E-state index in [9.17, 15) is 77.6 Å². The van der Waals surface area contributed by atoms with E-state index in [1.807, 2.05) is 0 Å². The maximum absolute atomic E-state index is 13.5. The SMILES string of the molecule is CC(=O)NCC(=O)N[C@@H](CS)C(=O)NCC(=O)N[C@@H](Cc1ccc(O)cc1)C(=O)NCC(=O)N[C@@H](CCCN=C(N)N)C(=O)NCC(=O)N[C@@H](CC(=O)O)C(=O)N[C@@H](CO)C(=O)N1CCC[C@H]1C(=O)NCC(N)=O.CC(=O)O. The van der Waals surface area contributed by atoms with E-state index >= 15 is 0 Å². The molecule has 1 heterocycles. The van der Waals surface area contributed by atoms with Gasteiger partial charge in [-0.1, -0.05) is 12.1 Å². The molecule has 34 heteroatoms. The standard InChI is InChI=1S/C42H63N15O16S.C2H4O2/c1-21(59)47-15-31(62)55-28(20-74)38(70)51-18-33(64)53-25(12-22-6-8-23(60)9-7-22)37(69)50-16-32(63)52-24(4-2-10-46-42(44)45)36(68)49-17-34(65)54-26(13-35(66)67)39(71)56-27(19-58)41(73)57-11-3-5-29(57)40(72)48-14-30(43)61;1-2(3)4/h6-9,24-29,58,60,74H,2-5,10-20H2,1H3,(H2,43,61)(H,47,59)(H,48,72)(H,49,68)(H,50,69)(H,51,70)(H,52,63)(H,53,64)(H,54,65)(H,55,62)(H,56,71)(H,66,67)(H4,44,45,46);1H3,(H,3,4)/t24-,25-,26-,27-,28-,29-;/m0./s1. The lowest BCUT2D eigenvalue weighted by Gasteiger charge is -2.28. The van der Waals surface area contributed by atoms with Crippen LogP contribution in [0.1, 0.15) is 51.5 Å². The first-order chi connectivity index (χ1) is 36.7. The number of aliphatic carboxylic acids is 2. The number of rotatable bonds is 31. The van der Waals surface area contributed by atoms with Crippen molar-refractivity contribution in [1.82, 2.24) is 58.1 Å². The molecule has 1 aromatic carbocycles. The molecule has 2 rings (SSSR count). The Kier molecular flexibility index (Phi) is 30.5. The summed E-state index contributed by atoms with van der Waals surface area (Å²) in [4.78, 5) is 178. The first-order valence-corrected chi connectivity index (χ1v) is 24.2. The normalized spacial score (nSPS) is 14.2. The van der Waals surface area contributed by atoms with Crippen LogP contribution in [0.15, 0.2) is 29.3 Å². The minimum absolute atomic E-state index is 0.0228. The van der Waals surface area contributed by atoms with Gasteiger partial charge in [-0.15, -0.1) is 0 Å². The van der Waals surface area contributed by atoms with Crippen molar-refractivity contribution in [3.8, 4) is 5.75 Å². The largest absolute Gasteiger partial charge is 0.508 e. The number of phenols is 1. The Morgan fingerprint density at radius 1 is 0.654 bits per heavy atom. The van der Waals surface area contributed by atoms with Crippen LogP contribution >= 0.6 is 12.6 Å². The molecule has 1 aromatic rings. The van der Waals surface area contributed by atoms with Crippen LogP contribution in [0.3, 0.4) is 0 Å². The van der Waals surface area contributed by atoms with E-state index in [1.165, 1.54) is 31.2 Å². The molecule has 1 fully saturated rings. The molecule has 432 valence electrons. The second-order valence-electron chi connectivity index (χ2n) is 16.8. The number of aliphatic imine (C=N–C) groups is 1. The van der Waals surface area contributed by atoms with E-state index < -0.39 is 165 Å². The second kappa shape index (κ2) is 35.4. The van der Waals surface area contributed by atoms with Crippen LogP contribution in [-0.4, -0.2) is 209 Å². The Bertz CT molecular complexity index is 2350. The topological polar surface area (TPSA) is 534 Å². The summed E-state index contributed by atoms with van der Waals surface area (Å²) in [6.45, 7) is -2.06. The molecule has 12 amide bonds. The molecule has 0 aromatic heterocycles. The van der Waals surface area contributed by atoms with E-state index in [0.29, 0.717) is 12.0 Å². The molecule has 1 saturated heterocycles. The summed E-state index contributed by atoms with van der Waals surface area (Å²) in [6.07, 6.45) is -0.795. The maximum Gasteiger partial charge on any atom is 0.305 e. The van der Waals surface area contributed by atoms with Crippen LogP contribution < -0.4 is 70.4 Å². The Balaban J connectivity index is 0.00000733. The minimum Gasteiger partial charge on any atom is -0.508 e. The Morgan fingerprint density at radius 2 is 1.14 bits per heavy atom. The molecule has 20 N–H and O–H groups in total. The van der Waals surface area contributed by atoms with E-state index in [1.54, 1.807) is 0 Å². The molecule has 78 heavy (non-hydrogen) atoms. The summed E-state index contributed by atoms with van der Waals surface area (Å²) >= 11 is 4.03. The fraction of sp³-hybridized carbons (Fsp3) is 0.523. The number of primary amides is 1. The number of aliphatic hydroxyl groups is 1. The summed E-state index contributed by atoms with van der Waals surface area (Å²) in [6, 6.07) is -3.18. The predicted molar refractivity (Wildman–Crippen MR) is 273 cm³/mol. The molecule has 0 aliphatic carbocycles. The van der Waals surface area contributed by atoms with Crippen molar-refractivity contribution in [1.29, 1.82) is 0 Å². The van der Waals surface area contributed by atoms with Crippen LogP contribution in [0.5, 0.6) is 5.75 Å². The Labute approximate surface area is 450 Å².